The lowest BCUT2D eigenvalue weighted by atomic mass is 10.1. The number of benzene rings is 2. The van der Waals surface area contributed by atoms with Crippen molar-refractivity contribution in [2.45, 2.75) is 12.8 Å². The first-order valence-electron chi connectivity index (χ1n) is 8.78. The molecule has 1 saturated heterocycles. The van der Waals surface area contributed by atoms with Gasteiger partial charge in [-0.1, -0.05) is 60.4 Å². The molecule has 1 N–H and O–H groups in total. The van der Waals surface area contributed by atoms with Gasteiger partial charge in [0.25, 0.3) is 5.91 Å². The molecule has 3 aromatic rings. The van der Waals surface area contributed by atoms with Crippen LogP contribution in [0, 0.1) is 0 Å². The zero-order valence-electron chi connectivity index (χ0n) is 14.8. The highest BCUT2D eigenvalue weighted by molar-refractivity contribution is 8.26. The Balaban J connectivity index is 1.68. The van der Waals surface area contributed by atoms with Crippen LogP contribution in [0.4, 0.5) is 0 Å². The normalized spacial score (nSPS) is 15.9. The lowest BCUT2D eigenvalue weighted by Crippen LogP contribution is -2.29. The molecule has 5 nitrogen and oxygen atoms in total. The number of carboxylic acids is 1. The average molecular weight is 409 g/mol. The van der Waals surface area contributed by atoms with Gasteiger partial charge in [0.2, 0.25) is 0 Å². The average Bonchev–Trinajstić information content (AvgIpc) is 2.94. The summed E-state index contributed by atoms with van der Waals surface area (Å²) in [6.07, 6.45) is 2.20. The molecular weight excluding hydrogens is 392 g/mol. The Morgan fingerprint density at radius 1 is 1.18 bits per heavy atom. The third-order valence-electron chi connectivity index (χ3n) is 4.51. The molecule has 2 heterocycles. The number of carboxylic acid groups (broad SMARTS) is 1. The van der Waals surface area contributed by atoms with Crippen molar-refractivity contribution in [3.63, 3.8) is 0 Å². The quantitative estimate of drug-likeness (QED) is 0.382. The summed E-state index contributed by atoms with van der Waals surface area (Å²) in [5.74, 6) is -1.06. The molecule has 0 saturated carbocycles. The summed E-state index contributed by atoms with van der Waals surface area (Å²) in [7, 11) is 0. The predicted molar refractivity (Wildman–Crippen MR) is 116 cm³/mol. The Hall–Kier alpha value is -2.77. The highest BCUT2D eigenvalue weighted by Gasteiger charge is 2.31. The molecule has 1 aliphatic rings. The van der Waals surface area contributed by atoms with Gasteiger partial charge in [0.15, 0.2) is 0 Å². The van der Waals surface area contributed by atoms with Crippen LogP contribution in [0.2, 0.25) is 0 Å². The van der Waals surface area contributed by atoms with Crippen molar-refractivity contribution in [1.29, 1.82) is 0 Å². The first-order valence-corrected chi connectivity index (χ1v) is 10.0. The number of aliphatic carboxylic acids is 1. The number of aromatic nitrogens is 1. The molecule has 7 heteroatoms. The number of amides is 1. The number of nitrogens with zero attached hydrogens (tertiary/aromatic N) is 2. The van der Waals surface area contributed by atoms with E-state index in [2.05, 4.69) is 6.07 Å². The van der Waals surface area contributed by atoms with Crippen molar-refractivity contribution in [3.8, 4) is 0 Å². The van der Waals surface area contributed by atoms with Crippen LogP contribution in [0.1, 0.15) is 18.4 Å². The third-order valence-corrected chi connectivity index (χ3v) is 5.89. The van der Waals surface area contributed by atoms with Gasteiger partial charge in [0, 0.05) is 29.3 Å². The molecule has 0 atom stereocenters. The van der Waals surface area contributed by atoms with E-state index in [1.807, 2.05) is 48.5 Å². The minimum absolute atomic E-state index is 0.0103. The molecule has 0 bridgehead atoms. The summed E-state index contributed by atoms with van der Waals surface area (Å²) in [5.41, 5.74) is 2.59. The van der Waals surface area contributed by atoms with Crippen LogP contribution in [0.3, 0.4) is 0 Å². The minimum atomic E-state index is -0.880. The van der Waals surface area contributed by atoms with Gasteiger partial charge in [0.1, 0.15) is 4.32 Å². The Morgan fingerprint density at radius 3 is 2.79 bits per heavy atom. The maximum atomic E-state index is 12.7. The lowest BCUT2D eigenvalue weighted by molar-refractivity contribution is -0.137. The van der Waals surface area contributed by atoms with Crippen LogP contribution in [-0.4, -0.2) is 37.7 Å². The fourth-order valence-electron chi connectivity index (χ4n) is 3.16. The SMILES string of the molecule is O=C(O)CCCN1C(=O)C(=Cc2cccc3cc4ccccc4nc23)SC1=S. The molecule has 2 aromatic carbocycles. The smallest absolute Gasteiger partial charge is 0.303 e. The van der Waals surface area contributed by atoms with Gasteiger partial charge in [-0.25, -0.2) is 4.98 Å². The van der Waals surface area contributed by atoms with E-state index >= 15 is 0 Å². The van der Waals surface area contributed by atoms with E-state index in [0.717, 1.165) is 27.4 Å². The topological polar surface area (TPSA) is 70.5 Å². The van der Waals surface area contributed by atoms with Crippen molar-refractivity contribution >= 4 is 68.1 Å². The fourth-order valence-corrected chi connectivity index (χ4v) is 4.46. The number of fused-ring (bicyclic) bond motifs is 2. The minimum Gasteiger partial charge on any atom is -0.481 e. The van der Waals surface area contributed by atoms with Crippen molar-refractivity contribution in [1.82, 2.24) is 9.88 Å². The fraction of sp³-hybridized carbons (Fsp3) is 0.143. The number of carbonyl (C=O) groups is 2. The van der Waals surface area contributed by atoms with Crippen molar-refractivity contribution in [3.05, 3.63) is 59.0 Å². The molecule has 1 fully saturated rings. The third kappa shape index (κ3) is 3.63. The Labute approximate surface area is 171 Å². The monoisotopic (exact) mass is 408 g/mol. The zero-order valence-corrected chi connectivity index (χ0v) is 16.4. The van der Waals surface area contributed by atoms with Gasteiger partial charge in [-0.3, -0.25) is 14.5 Å². The maximum absolute atomic E-state index is 12.7. The summed E-state index contributed by atoms with van der Waals surface area (Å²) >= 11 is 6.55. The molecule has 0 aliphatic carbocycles. The second-order valence-corrected chi connectivity index (χ2v) is 8.11. The molecular formula is C21H16N2O3S2. The number of para-hydroxylation sites is 2. The molecule has 0 unspecified atom stereocenters. The number of thiocarbonyl (C=S) groups is 1. The number of hydrogen-bond acceptors (Lipinski definition) is 5. The Bertz CT molecular complexity index is 1160. The van der Waals surface area contributed by atoms with E-state index < -0.39 is 5.97 Å². The number of carbonyl (C=O) groups excluding carboxylic acids is 1. The van der Waals surface area contributed by atoms with E-state index in [1.165, 1.54) is 16.7 Å². The van der Waals surface area contributed by atoms with Crippen molar-refractivity contribution < 1.29 is 14.7 Å². The summed E-state index contributed by atoms with van der Waals surface area (Å²) in [4.78, 5) is 30.2. The standard InChI is InChI=1S/C21H16N2O3S2/c24-18(25)9-4-10-23-20(26)17(28-21(23)27)12-15-7-3-6-14-11-13-5-1-2-8-16(13)22-19(14)15/h1-3,5-8,11-12H,4,9-10H2,(H,24,25). The van der Waals surface area contributed by atoms with Crippen LogP contribution >= 0.6 is 24.0 Å². The predicted octanol–water partition coefficient (Wildman–Crippen LogP) is 4.45. The van der Waals surface area contributed by atoms with Crippen molar-refractivity contribution in [2.24, 2.45) is 0 Å². The van der Waals surface area contributed by atoms with E-state index in [1.54, 1.807) is 0 Å². The molecule has 140 valence electrons. The van der Waals surface area contributed by atoms with E-state index in [9.17, 15) is 9.59 Å². The largest absolute Gasteiger partial charge is 0.481 e. The number of rotatable bonds is 5. The molecule has 0 spiro atoms. The summed E-state index contributed by atoms with van der Waals surface area (Å²) in [6.45, 7) is 0.312. The van der Waals surface area contributed by atoms with Gasteiger partial charge in [-0.15, -0.1) is 0 Å². The van der Waals surface area contributed by atoms with E-state index in [0.29, 0.717) is 22.2 Å². The van der Waals surface area contributed by atoms with Gasteiger partial charge >= 0.3 is 5.97 Å². The van der Waals surface area contributed by atoms with E-state index in [4.69, 9.17) is 22.3 Å². The Kier molecular flexibility index (Phi) is 5.11. The van der Waals surface area contributed by atoms with Crippen LogP contribution in [0.15, 0.2) is 53.4 Å². The van der Waals surface area contributed by atoms with Gasteiger partial charge in [0.05, 0.1) is 15.9 Å². The zero-order chi connectivity index (χ0) is 19.7. The van der Waals surface area contributed by atoms with Crippen LogP contribution in [0.25, 0.3) is 27.9 Å². The molecule has 1 aliphatic heterocycles. The maximum Gasteiger partial charge on any atom is 0.303 e. The first-order chi connectivity index (χ1) is 13.5. The molecule has 4 rings (SSSR count). The van der Waals surface area contributed by atoms with Crippen molar-refractivity contribution in [2.75, 3.05) is 6.54 Å². The lowest BCUT2D eigenvalue weighted by Gasteiger charge is -2.13. The second kappa shape index (κ2) is 7.69. The van der Waals surface area contributed by atoms with E-state index in [-0.39, 0.29) is 12.3 Å². The van der Waals surface area contributed by atoms with Crippen LogP contribution < -0.4 is 0 Å². The highest BCUT2D eigenvalue weighted by atomic mass is 32.2. The summed E-state index contributed by atoms with van der Waals surface area (Å²) < 4.78 is 0.459. The molecule has 0 radical (unpaired) electrons. The highest BCUT2D eigenvalue weighted by Crippen LogP contribution is 2.34. The number of pyridine rings is 1. The molecule has 1 amide bonds. The van der Waals surface area contributed by atoms with Gasteiger partial charge in [-0.05, 0) is 24.6 Å². The second-order valence-electron chi connectivity index (χ2n) is 6.43. The van der Waals surface area contributed by atoms with Gasteiger partial charge in [-0.2, -0.15) is 0 Å². The first kappa shape index (κ1) is 18.6. The van der Waals surface area contributed by atoms with Gasteiger partial charge < -0.3 is 5.11 Å². The Morgan fingerprint density at radius 2 is 1.96 bits per heavy atom. The number of thioether (sulfide) groups is 1. The van der Waals surface area contributed by atoms with Crippen LogP contribution in [0.5, 0.6) is 0 Å². The summed E-state index contributed by atoms with van der Waals surface area (Å²) in [6, 6.07) is 15.9. The molecule has 28 heavy (non-hydrogen) atoms. The summed E-state index contributed by atoms with van der Waals surface area (Å²) in [5, 5.41) is 10.9. The van der Waals surface area contributed by atoms with Crippen LogP contribution in [-0.2, 0) is 9.59 Å². The number of hydrogen-bond donors (Lipinski definition) is 1. The molecule has 1 aromatic heterocycles.